The Morgan fingerprint density at radius 3 is 2.48 bits per heavy atom. The van der Waals surface area contributed by atoms with Gasteiger partial charge < -0.3 is 11.1 Å². The Kier molecular flexibility index (Phi) is 4.72. The van der Waals surface area contributed by atoms with Gasteiger partial charge in [-0.3, -0.25) is 4.79 Å². The highest BCUT2D eigenvalue weighted by atomic mass is 79.9. The van der Waals surface area contributed by atoms with Gasteiger partial charge in [-0.25, -0.2) is 13.6 Å². The number of nitrogens with one attached hydrogen (secondary N) is 1. The summed E-state index contributed by atoms with van der Waals surface area (Å²) in [5.74, 6) is -0.177. The third-order valence-electron chi connectivity index (χ3n) is 3.66. The fraction of sp³-hybridized carbons (Fsp3) is 0.462. The van der Waals surface area contributed by atoms with Crippen molar-refractivity contribution >= 4 is 37.5 Å². The lowest BCUT2D eigenvalue weighted by Crippen LogP contribution is -2.40. The summed E-state index contributed by atoms with van der Waals surface area (Å²) < 4.78 is 22.9. The molecule has 8 heteroatoms. The third kappa shape index (κ3) is 4.26. The SMILES string of the molecule is NC1(CC(=O)Nc2ccc(S(N)(=O)=O)cc2Br)CCCC1. The first kappa shape index (κ1) is 16.4. The lowest BCUT2D eigenvalue weighted by molar-refractivity contribution is -0.117. The number of hydrogen-bond acceptors (Lipinski definition) is 4. The molecular weight excluding hydrogens is 358 g/mol. The number of benzene rings is 1. The molecule has 6 nitrogen and oxygen atoms in total. The Hall–Kier alpha value is -0.960. The average molecular weight is 376 g/mol. The van der Waals surface area contributed by atoms with Crippen molar-refractivity contribution in [1.82, 2.24) is 0 Å². The maximum absolute atomic E-state index is 12.1. The quantitative estimate of drug-likeness (QED) is 0.742. The monoisotopic (exact) mass is 375 g/mol. The van der Waals surface area contributed by atoms with Crippen molar-refractivity contribution in [2.45, 2.75) is 42.5 Å². The number of anilines is 1. The second-order valence-electron chi connectivity index (χ2n) is 5.48. The first-order valence-electron chi connectivity index (χ1n) is 6.61. The van der Waals surface area contributed by atoms with Gasteiger partial charge in [-0.2, -0.15) is 0 Å². The summed E-state index contributed by atoms with van der Waals surface area (Å²) in [6.45, 7) is 0. The summed E-state index contributed by atoms with van der Waals surface area (Å²) in [4.78, 5) is 12.0. The number of sulfonamides is 1. The van der Waals surface area contributed by atoms with Gasteiger partial charge in [0.1, 0.15) is 0 Å². The van der Waals surface area contributed by atoms with Crippen LogP contribution in [0.2, 0.25) is 0 Å². The van der Waals surface area contributed by atoms with Gasteiger partial charge in [0.15, 0.2) is 0 Å². The maximum atomic E-state index is 12.1. The van der Waals surface area contributed by atoms with Gasteiger partial charge in [-0.1, -0.05) is 12.8 Å². The topological polar surface area (TPSA) is 115 Å². The molecule has 0 radical (unpaired) electrons. The number of halogens is 1. The maximum Gasteiger partial charge on any atom is 0.238 e. The van der Waals surface area contributed by atoms with E-state index in [9.17, 15) is 13.2 Å². The van der Waals surface area contributed by atoms with Crippen LogP contribution in [0.1, 0.15) is 32.1 Å². The van der Waals surface area contributed by atoms with Crippen molar-refractivity contribution in [2.24, 2.45) is 10.9 Å². The molecule has 0 heterocycles. The minimum Gasteiger partial charge on any atom is -0.325 e. The Balaban J connectivity index is 2.08. The van der Waals surface area contributed by atoms with Crippen LogP contribution < -0.4 is 16.2 Å². The van der Waals surface area contributed by atoms with Gasteiger partial charge in [-0.15, -0.1) is 0 Å². The first-order valence-corrected chi connectivity index (χ1v) is 8.95. The average Bonchev–Trinajstić information content (AvgIpc) is 2.76. The molecule has 1 aromatic rings. The number of rotatable bonds is 4. The van der Waals surface area contributed by atoms with Crippen molar-refractivity contribution in [1.29, 1.82) is 0 Å². The molecular formula is C13H18BrN3O3S. The lowest BCUT2D eigenvalue weighted by atomic mass is 9.94. The fourth-order valence-corrected chi connectivity index (χ4v) is 3.71. The highest BCUT2D eigenvalue weighted by molar-refractivity contribution is 9.10. The van der Waals surface area contributed by atoms with Crippen LogP contribution in [0.5, 0.6) is 0 Å². The van der Waals surface area contributed by atoms with Gasteiger partial charge in [0.25, 0.3) is 0 Å². The Bertz CT molecular complexity index is 655. The van der Waals surface area contributed by atoms with Crippen LogP contribution in [-0.2, 0) is 14.8 Å². The van der Waals surface area contributed by atoms with Crippen LogP contribution >= 0.6 is 15.9 Å². The van der Waals surface area contributed by atoms with Crippen molar-refractivity contribution in [3.8, 4) is 0 Å². The van der Waals surface area contributed by atoms with E-state index in [-0.39, 0.29) is 17.2 Å². The third-order valence-corrected chi connectivity index (χ3v) is 5.22. The first-order chi connectivity index (χ1) is 9.70. The van der Waals surface area contributed by atoms with E-state index in [0.717, 1.165) is 25.7 Å². The van der Waals surface area contributed by atoms with Crippen LogP contribution in [0.25, 0.3) is 0 Å². The van der Waals surface area contributed by atoms with Crippen LogP contribution in [0.4, 0.5) is 5.69 Å². The van der Waals surface area contributed by atoms with E-state index in [1.165, 1.54) is 18.2 Å². The van der Waals surface area contributed by atoms with E-state index in [4.69, 9.17) is 10.9 Å². The summed E-state index contributed by atoms with van der Waals surface area (Å²) in [6.07, 6.45) is 4.07. The fourth-order valence-electron chi connectivity index (χ4n) is 2.54. The molecule has 1 fully saturated rings. The largest absolute Gasteiger partial charge is 0.325 e. The lowest BCUT2D eigenvalue weighted by Gasteiger charge is -2.22. The van der Waals surface area contributed by atoms with E-state index in [1.54, 1.807) is 0 Å². The van der Waals surface area contributed by atoms with Crippen molar-refractivity contribution in [3.05, 3.63) is 22.7 Å². The zero-order valence-electron chi connectivity index (χ0n) is 11.4. The van der Waals surface area contributed by atoms with E-state index in [0.29, 0.717) is 10.2 Å². The molecule has 5 N–H and O–H groups in total. The number of carbonyl (C=O) groups is 1. The molecule has 0 atom stereocenters. The number of primary sulfonamides is 1. The highest BCUT2D eigenvalue weighted by Gasteiger charge is 2.31. The van der Waals surface area contributed by atoms with E-state index >= 15 is 0 Å². The molecule has 21 heavy (non-hydrogen) atoms. The minimum absolute atomic E-state index is 0.0153. The molecule has 0 aromatic heterocycles. The molecule has 0 saturated heterocycles. The summed E-state index contributed by atoms with van der Waals surface area (Å²) in [5.41, 5.74) is 6.24. The Morgan fingerprint density at radius 2 is 1.95 bits per heavy atom. The molecule has 1 saturated carbocycles. The predicted molar refractivity (Wildman–Crippen MR) is 84.1 cm³/mol. The standard InChI is InChI=1S/C13H18BrN3O3S/c14-10-7-9(21(16,19)20)3-4-11(10)17-12(18)8-13(15)5-1-2-6-13/h3-4,7H,1-2,5-6,8,15H2,(H,17,18)(H2,16,19,20). The van der Waals surface area contributed by atoms with Gasteiger partial charge >= 0.3 is 0 Å². The molecule has 1 aliphatic carbocycles. The summed E-state index contributed by atoms with van der Waals surface area (Å²) in [7, 11) is -3.76. The van der Waals surface area contributed by atoms with Gasteiger partial charge in [-0.05, 0) is 47.0 Å². The molecule has 0 spiro atoms. The molecule has 0 aliphatic heterocycles. The summed E-state index contributed by atoms with van der Waals surface area (Å²) in [5, 5.41) is 7.79. The van der Waals surface area contributed by atoms with E-state index in [2.05, 4.69) is 21.2 Å². The van der Waals surface area contributed by atoms with Crippen molar-refractivity contribution in [2.75, 3.05) is 5.32 Å². The van der Waals surface area contributed by atoms with E-state index < -0.39 is 15.6 Å². The molecule has 1 aromatic carbocycles. The summed E-state index contributed by atoms with van der Waals surface area (Å²) in [6, 6.07) is 4.21. The normalized spacial score (nSPS) is 17.7. The van der Waals surface area contributed by atoms with Crippen molar-refractivity contribution in [3.63, 3.8) is 0 Å². The molecule has 1 aliphatic rings. The van der Waals surface area contributed by atoms with Gasteiger partial charge in [0, 0.05) is 16.4 Å². The summed E-state index contributed by atoms with van der Waals surface area (Å²) >= 11 is 3.23. The van der Waals surface area contributed by atoms with Crippen LogP contribution in [0.3, 0.4) is 0 Å². The molecule has 0 bridgehead atoms. The van der Waals surface area contributed by atoms with Gasteiger partial charge in [0.05, 0.1) is 10.6 Å². The molecule has 0 unspecified atom stereocenters. The zero-order chi connectivity index (χ0) is 15.7. The molecule has 1 amide bonds. The number of nitrogens with two attached hydrogens (primary N) is 2. The van der Waals surface area contributed by atoms with Crippen molar-refractivity contribution < 1.29 is 13.2 Å². The Labute approximate surface area is 132 Å². The molecule has 116 valence electrons. The number of hydrogen-bond donors (Lipinski definition) is 3. The van der Waals surface area contributed by atoms with Crippen LogP contribution in [0, 0.1) is 0 Å². The minimum atomic E-state index is -3.76. The second-order valence-corrected chi connectivity index (χ2v) is 7.90. The highest BCUT2D eigenvalue weighted by Crippen LogP contribution is 2.31. The number of amides is 1. The Morgan fingerprint density at radius 1 is 1.33 bits per heavy atom. The second kappa shape index (κ2) is 6.04. The van der Waals surface area contributed by atoms with Gasteiger partial charge in [0.2, 0.25) is 15.9 Å². The zero-order valence-corrected chi connectivity index (χ0v) is 13.8. The smallest absolute Gasteiger partial charge is 0.238 e. The van der Waals surface area contributed by atoms with Crippen LogP contribution in [-0.4, -0.2) is 19.9 Å². The number of carbonyl (C=O) groups excluding carboxylic acids is 1. The van der Waals surface area contributed by atoms with E-state index in [1.807, 2.05) is 0 Å². The predicted octanol–water partition coefficient (Wildman–Crippen LogP) is 1.70. The van der Waals surface area contributed by atoms with Crippen LogP contribution in [0.15, 0.2) is 27.6 Å². The molecule has 2 rings (SSSR count).